The van der Waals surface area contributed by atoms with E-state index in [4.69, 9.17) is 0 Å². The van der Waals surface area contributed by atoms with Crippen molar-refractivity contribution < 1.29 is 4.79 Å². The van der Waals surface area contributed by atoms with Gasteiger partial charge >= 0.3 is 0 Å². The zero-order valence-corrected chi connectivity index (χ0v) is 12.6. The summed E-state index contributed by atoms with van der Waals surface area (Å²) in [6.07, 6.45) is 1.88. The van der Waals surface area contributed by atoms with Gasteiger partial charge in [-0.1, -0.05) is 30.3 Å². The van der Waals surface area contributed by atoms with Crippen molar-refractivity contribution in [1.29, 1.82) is 0 Å². The van der Waals surface area contributed by atoms with Crippen LogP contribution in [0.4, 0.5) is 5.69 Å². The Bertz CT molecular complexity index is 630. The smallest absolute Gasteiger partial charge is 0.229 e. The monoisotopic (exact) mass is 298 g/mol. The van der Waals surface area contributed by atoms with E-state index in [9.17, 15) is 4.79 Å². The van der Waals surface area contributed by atoms with Crippen molar-refractivity contribution in [3.8, 4) is 0 Å². The number of amides is 1. The molecule has 1 aromatic carbocycles. The summed E-state index contributed by atoms with van der Waals surface area (Å²) < 4.78 is 0. The van der Waals surface area contributed by atoms with Crippen LogP contribution in [0, 0.1) is 5.41 Å². The number of hydrogen-bond acceptors (Lipinski definition) is 3. The SMILES string of the molecule is O=C1NC(c2ccccc2)C12CCN(c1ccsc1)CC2. The Morgan fingerprint density at radius 3 is 2.52 bits per heavy atom. The molecule has 0 bridgehead atoms. The summed E-state index contributed by atoms with van der Waals surface area (Å²) >= 11 is 1.73. The maximum absolute atomic E-state index is 12.3. The minimum atomic E-state index is -0.187. The van der Waals surface area contributed by atoms with Crippen LogP contribution < -0.4 is 10.2 Å². The fourth-order valence-electron chi connectivity index (χ4n) is 3.63. The summed E-state index contributed by atoms with van der Waals surface area (Å²) in [6, 6.07) is 12.7. The van der Waals surface area contributed by atoms with Gasteiger partial charge < -0.3 is 10.2 Å². The summed E-state index contributed by atoms with van der Waals surface area (Å²) in [4.78, 5) is 14.7. The predicted octanol–water partition coefficient (Wildman–Crippen LogP) is 3.21. The molecule has 0 aliphatic carbocycles. The van der Waals surface area contributed by atoms with Crippen molar-refractivity contribution in [2.24, 2.45) is 5.41 Å². The number of piperidine rings is 1. The maximum atomic E-state index is 12.3. The number of β-lactam (4-membered cyclic amide) rings is 1. The van der Waals surface area contributed by atoms with E-state index < -0.39 is 0 Å². The molecule has 4 heteroatoms. The summed E-state index contributed by atoms with van der Waals surface area (Å²) in [5.74, 6) is 0.237. The Morgan fingerprint density at radius 1 is 1.14 bits per heavy atom. The van der Waals surface area contributed by atoms with Crippen LogP contribution in [0.3, 0.4) is 0 Å². The number of carbonyl (C=O) groups excluding carboxylic acids is 1. The van der Waals surface area contributed by atoms with E-state index in [1.807, 2.05) is 18.2 Å². The largest absolute Gasteiger partial charge is 0.371 e. The molecule has 4 rings (SSSR count). The van der Waals surface area contributed by atoms with E-state index in [1.54, 1.807) is 11.3 Å². The Kier molecular flexibility index (Phi) is 3.00. The van der Waals surface area contributed by atoms with E-state index in [0.717, 1.165) is 25.9 Å². The van der Waals surface area contributed by atoms with E-state index in [1.165, 1.54) is 11.3 Å². The lowest BCUT2D eigenvalue weighted by Gasteiger charge is -2.53. The van der Waals surface area contributed by atoms with Crippen molar-refractivity contribution in [2.75, 3.05) is 18.0 Å². The topological polar surface area (TPSA) is 32.3 Å². The minimum absolute atomic E-state index is 0.187. The standard InChI is InChI=1S/C17H18N2OS/c20-16-17(15(18-16)13-4-2-1-3-5-13)7-9-19(10-8-17)14-6-11-21-12-14/h1-6,11-12,15H,7-10H2,(H,18,20). The second-order valence-electron chi connectivity index (χ2n) is 5.94. The van der Waals surface area contributed by atoms with Crippen LogP contribution in [0.25, 0.3) is 0 Å². The lowest BCUT2D eigenvalue weighted by molar-refractivity contribution is -0.148. The highest BCUT2D eigenvalue weighted by atomic mass is 32.1. The van der Waals surface area contributed by atoms with Crippen LogP contribution in [0.1, 0.15) is 24.4 Å². The highest BCUT2D eigenvalue weighted by molar-refractivity contribution is 7.08. The van der Waals surface area contributed by atoms with Crippen LogP contribution in [0.15, 0.2) is 47.2 Å². The molecule has 1 N–H and O–H groups in total. The third-order valence-corrected chi connectivity index (χ3v) is 5.61. The molecule has 1 aromatic heterocycles. The molecule has 2 fully saturated rings. The first-order valence-corrected chi connectivity index (χ1v) is 8.37. The Balaban J connectivity index is 1.54. The van der Waals surface area contributed by atoms with Crippen molar-refractivity contribution in [1.82, 2.24) is 5.32 Å². The normalized spacial score (nSPS) is 23.7. The van der Waals surface area contributed by atoms with Crippen LogP contribution in [0.2, 0.25) is 0 Å². The lowest BCUT2D eigenvalue weighted by atomic mass is 9.64. The van der Waals surface area contributed by atoms with Gasteiger partial charge in [0.1, 0.15) is 0 Å². The van der Waals surface area contributed by atoms with E-state index >= 15 is 0 Å². The fourth-order valence-corrected chi connectivity index (χ4v) is 4.29. The number of nitrogens with one attached hydrogen (secondary N) is 1. The zero-order valence-electron chi connectivity index (χ0n) is 11.8. The highest BCUT2D eigenvalue weighted by Gasteiger charge is 2.56. The summed E-state index contributed by atoms with van der Waals surface area (Å²) in [7, 11) is 0. The average Bonchev–Trinajstić information content (AvgIpc) is 3.08. The molecule has 0 radical (unpaired) electrons. The molecule has 2 aliphatic heterocycles. The number of carbonyl (C=O) groups is 1. The molecular weight excluding hydrogens is 280 g/mol. The van der Waals surface area contributed by atoms with Crippen molar-refractivity contribution >= 4 is 22.9 Å². The number of anilines is 1. The molecule has 3 heterocycles. The Morgan fingerprint density at radius 2 is 1.90 bits per heavy atom. The molecule has 2 aromatic rings. The first-order chi connectivity index (χ1) is 10.3. The molecule has 21 heavy (non-hydrogen) atoms. The van der Waals surface area contributed by atoms with Crippen LogP contribution in [0.5, 0.6) is 0 Å². The third-order valence-electron chi connectivity index (χ3n) is 4.94. The maximum Gasteiger partial charge on any atom is 0.229 e. The number of nitrogens with zero attached hydrogens (tertiary/aromatic N) is 1. The number of rotatable bonds is 2. The van der Waals surface area contributed by atoms with Crippen molar-refractivity contribution in [3.05, 3.63) is 52.7 Å². The highest BCUT2D eigenvalue weighted by Crippen LogP contribution is 2.50. The predicted molar refractivity (Wildman–Crippen MR) is 85.5 cm³/mol. The molecule has 1 atom stereocenters. The van der Waals surface area contributed by atoms with Gasteiger partial charge in [-0.25, -0.2) is 0 Å². The molecule has 3 nitrogen and oxygen atoms in total. The van der Waals surface area contributed by atoms with Crippen molar-refractivity contribution in [2.45, 2.75) is 18.9 Å². The molecule has 108 valence electrons. The molecular formula is C17H18N2OS. The third kappa shape index (κ3) is 1.97. The molecule has 1 unspecified atom stereocenters. The Hall–Kier alpha value is -1.81. The van der Waals surface area contributed by atoms with E-state index in [-0.39, 0.29) is 17.4 Å². The Labute approximate surface area is 128 Å². The van der Waals surface area contributed by atoms with Gasteiger partial charge in [0.25, 0.3) is 0 Å². The quantitative estimate of drug-likeness (QED) is 0.864. The first kappa shape index (κ1) is 12.9. The van der Waals surface area contributed by atoms with Gasteiger partial charge in [-0.05, 0) is 29.9 Å². The molecule has 2 saturated heterocycles. The van der Waals surface area contributed by atoms with E-state index in [0.29, 0.717) is 0 Å². The number of hydrogen-bond donors (Lipinski definition) is 1. The zero-order chi connectivity index (χ0) is 14.3. The molecule has 1 amide bonds. The van der Waals surface area contributed by atoms with Gasteiger partial charge in [-0.2, -0.15) is 11.3 Å². The summed E-state index contributed by atoms with van der Waals surface area (Å²) in [5.41, 5.74) is 2.35. The van der Waals surface area contributed by atoms with Crippen molar-refractivity contribution in [3.63, 3.8) is 0 Å². The van der Waals surface area contributed by atoms with Gasteiger partial charge in [-0.15, -0.1) is 0 Å². The second kappa shape index (κ2) is 4.88. The van der Waals surface area contributed by atoms with Gasteiger partial charge in [0.05, 0.1) is 11.5 Å². The average molecular weight is 298 g/mol. The number of benzene rings is 1. The minimum Gasteiger partial charge on any atom is -0.371 e. The molecule has 0 saturated carbocycles. The van der Waals surface area contributed by atoms with Crippen LogP contribution in [-0.4, -0.2) is 19.0 Å². The fraction of sp³-hybridized carbons (Fsp3) is 0.353. The van der Waals surface area contributed by atoms with Crippen LogP contribution in [-0.2, 0) is 4.79 Å². The number of thiophene rings is 1. The molecule has 2 aliphatic rings. The lowest BCUT2D eigenvalue weighted by Crippen LogP contribution is -2.64. The van der Waals surface area contributed by atoms with Gasteiger partial charge in [-0.3, -0.25) is 4.79 Å². The van der Waals surface area contributed by atoms with Gasteiger partial charge in [0.2, 0.25) is 5.91 Å². The van der Waals surface area contributed by atoms with E-state index in [2.05, 4.69) is 39.2 Å². The van der Waals surface area contributed by atoms with Gasteiger partial charge in [0.15, 0.2) is 0 Å². The summed E-state index contributed by atoms with van der Waals surface area (Å²) in [5, 5.41) is 7.42. The van der Waals surface area contributed by atoms with Gasteiger partial charge in [0, 0.05) is 24.2 Å². The first-order valence-electron chi connectivity index (χ1n) is 7.43. The molecule has 1 spiro atoms. The van der Waals surface area contributed by atoms with Crippen LogP contribution >= 0.6 is 11.3 Å². The summed E-state index contributed by atoms with van der Waals surface area (Å²) in [6.45, 7) is 1.93. The second-order valence-corrected chi connectivity index (χ2v) is 6.72.